The molecule has 4 fully saturated rings. The quantitative estimate of drug-likeness (QED) is 0.106. The second-order valence-electron chi connectivity index (χ2n) is 18.4. The van der Waals surface area contributed by atoms with Gasteiger partial charge in [0.25, 0.3) is 0 Å². The number of likely N-dealkylation sites (tertiary alicyclic amines) is 1. The molecule has 0 atom stereocenters. The van der Waals surface area contributed by atoms with Crippen molar-refractivity contribution in [3.63, 3.8) is 0 Å². The van der Waals surface area contributed by atoms with Crippen LogP contribution in [-0.4, -0.2) is 85.8 Å². The maximum absolute atomic E-state index is 13.6. The summed E-state index contributed by atoms with van der Waals surface area (Å²) in [6, 6.07) is 16.2. The van der Waals surface area contributed by atoms with Crippen LogP contribution >= 0.6 is 0 Å². The van der Waals surface area contributed by atoms with E-state index in [0.29, 0.717) is 83.9 Å². The number of nitrogens with one attached hydrogen (secondary N) is 3. The molecule has 1 amide bonds. The van der Waals surface area contributed by atoms with E-state index in [4.69, 9.17) is 23.5 Å². The Morgan fingerprint density at radius 1 is 0.662 bits per heavy atom. The van der Waals surface area contributed by atoms with E-state index >= 15 is 0 Å². The molecule has 3 N–H and O–H groups in total. The summed E-state index contributed by atoms with van der Waals surface area (Å²) >= 11 is 0. The largest absolute Gasteiger partial charge is 0.444 e. The van der Waals surface area contributed by atoms with Gasteiger partial charge in [0.2, 0.25) is 11.9 Å². The van der Waals surface area contributed by atoms with E-state index in [9.17, 15) is 13.6 Å². The lowest BCUT2D eigenvalue weighted by atomic mass is 9.97. The van der Waals surface area contributed by atoms with Crippen molar-refractivity contribution in [2.45, 2.75) is 89.6 Å². The van der Waals surface area contributed by atoms with Crippen LogP contribution in [0.3, 0.4) is 0 Å². The molecule has 4 aliphatic rings. The first-order valence-electron chi connectivity index (χ1n) is 22.9. The van der Waals surface area contributed by atoms with E-state index in [1.165, 1.54) is 49.9 Å². The molecule has 2 saturated carbocycles. The van der Waals surface area contributed by atoms with E-state index in [-0.39, 0.29) is 29.6 Å². The number of nitrogens with zero attached hydrogens (tertiary/aromatic N) is 7. The highest BCUT2D eigenvalue weighted by Gasteiger charge is 2.32. The molecule has 2 aromatic carbocycles. The lowest BCUT2D eigenvalue weighted by molar-refractivity contribution is 0.0199. The van der Waals surface area contributed by atoms with Gasteiger partial charge in [-0.2, -0.15) is 0 Å². The molecule has 65 heavy (non-hydrogen) atoms. The first-order valence-corrected chi connectivity index (χ1v) is 22.9. The van der Waals surface area contributed by atoms with Crippen molar-refractivity contribution in [1.29, 1.82) is 0 Å². The van der Waals surface area contributed by atoms with Gasteiger partial charge < -0.3 is 34.4 Å². The Bertz CT molecular complexity index is 2540. The number of amides is 1. The number of oxazole rings is 2. The number of benzene rings is 2. The fourth-order valence-corrected chi connectivity index (χ4v) is 7.94. The van der Waals surface area contributed by atoms with Crippen LogP contribution in [0.5, 0.6) is 0 Å². The third kappa shape index (κ3) is 11.5. The second-order valence-corrected chi connectivity index (χ2v) is 18.4. The van der Waals surface area contributed by atoms with Crippen LogP contribution in [-0.2, 0) is 4.74 Å². The molecule has 2 aliphatic heterocycles. The van der Waals surface area contributed by atoms with E-state index in [1.807, 2.05) is 26.8 Å². The van der Waals surface area contributed by atoms with Crippen LogP contribution in [0.1, 0.15) is 95.8 Å². The highest BCUT2D eigenvalue weighted by atomic mass is 19.1. The summed E-state index contributed by atoms with van der Waals surface area (Å²) in [7, 11) is 0. The minimum Gasteiger partial charge on any atom is -0.444 e. The van der Waals surface area contributed by atoms with Gasteiger partial charge >= 0.3 is 6.09 Å². The van der Waals surface area contributed by atoms with Crippen molar-refractivity contribution in [3.05, 3.63) is 96.5 Å². The summed E-state index contributed by atoms with van der Waals surface area (Å²) in [4.78, 5) is 41.9. The van der Waals surface area contributed by atoms with Gasteiger partial charge in [-0.3, -0.25) is 0 Å². The number of carbonyl (C=O) groups is 1. The van der Waals surface area contributed by atoms with Gasteiger partial charge in [-0.1, -0.05) is 0 Å². The van der Waals surface area contributed by atoms with Crippen molar-refractivity contribution in [2.24, 2.45) is 11.8 Å². The van der Waals surface area contributed by atoms with Crippen molar-refractivity contribution >= 4 is 18.0 Å². The van der Waals surface area contributed by atoms with Gasteiger partial charge in [0, 0.05) is 61.5 Å². The molecule has 2 saturated heterocycles. The highest BCUT2D eigenvalue weighted by molar-refractivity contribution is 5.76. The van der Waals surface area contributed by atoms with Crippen molar-refractivity contribution in [1.82, 2.24) is 40.1 Å². The molecule has 6 aromatic rings. The fourth-order valence-electron chi connectivity index (χ4n) is 7.94. The Hall–Kier alpha value is -6.29. The number of carbonyl (C=O) groups excluding carboxylic acids is 1. The topological polar surface area (TPSA) is 169 Å². The van der Waals surface area contributed by atoms with Crippen LogP contribution in [0, 0.1) is 23.5 Å². The molecule has 16 heteroatoms. The van der Waals surface area contributed by atoms with Gasteiger partial charge in [-0.25, -0.2) is 43.5 Å². The number of hydrogen-bond acceptors (Lipinski definition) is 13. The second kappa shape index (κ2) is 19.4. The molecule has 2 aliphatic carbocycles. The third-order valence-corrected chi connectivity index (χ3v) is 12.0. The highest BCUT2D eigenvalue weighted by Crippen LogP contribution is 2.39. The number of rotatable bonds is 12. The zero-order chi connectivity index (χ0) is 44.9. The smallest absolute Gasteiger partial charge is 0.410 e. The average Bonchev–Trinajstić information content (AvgIpc) is 4.25. The number of anilines is 2. The molecule has 0 radical (unpaired) electrons. The molecule has 0 spiro atoms. The third-order valence-electron chi connectivity index (χ3n) is 12.0. The van der Waals surface area contributed by atoms with Gasteiger partial charge in [0.15, 0.2) is 23.3 Å². The predicted octanol–water partition coefficient (Wildman–Crippen LogP) is 10.1. The van der Waals surface area contributed by atoms with Gasteiger partial charge in [-0.15, -0.1) is 0 Å². The van der Waals surface area contributed by atoms with Crippen LogP contribution in [0.2, 0.25) is 0 Å². The Labute approximate surface area is 377 Å². The average molecular weight is 887 g/mol. The Morgan fingerprint density at radius 2 is 1.11 bits per heavy atom. The van der Waals surface area contributed by atoms with E-state index in [0.717, 1.165) is 62.0 Å². The van der Waals surface area contributed by atoms with E-state index < -0.39 is 5.60 Å². The number of ether oxygens (including phenoxy) is 1. The maximum atomic E-state index is 13.6. The summed E-state index contributed by atoms with van der Waals surface area (Å²) in [6.45, 7) is 10.4. The Balaban J connectivity index is 0.000000168. The number of halogens is 2. The first-order chi connectivity index (χ1) is 31.5. The molecule has 14 nitrogen and oxygen atoms in total. The molecular formula is C49H56F2N10O4. The SMILES string of the molecule is CC(C)(C)OC(=O)N1CCC(c2nc(-c3ccc(F)cc3)c(-c3ccnc(NCC4CC4)n3)o2)CC1.Fc1ccc(-c2nc(C3CCNCC3)oc2-c2ccnc(NCC3CC3)n2)cc1. The molecule has 0 unspecified atom stereocenters. The van der Waals surface area contributed by atoms with Crippen molar-refractivity contribution < 1.29 is 27.1 Å². The predicted molar refractivity (Wildman–Crippen MR) is 243 cm³/mol. The molecule has 6 heterocycles. The monoisotopic (exact) mass is 886 g/mol. The van der Waals surface area contributed by atoms with Crippen molar-refractivity contribution in [3.8, 4) is 45.4 Å². The summed E-state index contributed by atoms with van der Waals surface area (Å²) in [5, 5.41) is 9.98. The lowest BCUT2D eigenvalue weighted by Crippen LogP contribution is -2.41. The summed E-state index contributed by atoms with van der Waals surface area (Å²) in [6.07, 6.45) is 11.5. The summed E-state index contributed by atoms with van der Waals surface area (Å²) < 4.78 is 45.2. The molecular weight excluding hydrogens is 831 g/mol. The number of aromatic nitrogens is 6. The van der Waals surface area contributed by atoms with Crippen LogP contribution < -0.4 is 16.0 Å². The minimum absolute atomic E-state index is 0.0472. The maximum Gasteiger partial charge on any atom is 0.410 e. The standard InChI is InChI=1S/C27H32FN5O3.C22H24FN5O/c1-27(2,3)36-26(34)33-14-11-19(12-15-33)24-32-22(18-6-8-20(28)9-7-18)23(35-24)21-10-13-29-25(31-21)30-16-17-4-5-17;23-17-5-3-15(4-6-17)19-20(29-21(28-19)16-7-10-24-11-8-16)18-9-12-25-22(27-18)26-13-14-1-2-14/h6-10,13,17,19H,4-5,11-12,14-16H2,1-3H3,(H,29,30,31);3-6,9,12,14,16,24H,1-2,7-8,10-11,13H2,(H,25,26,27). The lowest BCUT2D eigenvalue weighted by Gasteiger charge is -2.32. The molecule has 0 bridgehead atoms. The van der Waals surface area contributed by atoms with Crippen LogP contribution in [0.15, 0.2) is 81.9 Å². The van der Waals surface area contributed by atoms with Gasteiger partial charge in [0.1, 0.15) is 40.0 Å². The van der Waals surface area contributed by atoms with Crippen LogP contribution in [0.25, 0.3) is 45.4 Å². The molecule has 10 rings (SSSR count). The Kier molecular flexibility index (Phi) is 13.1. The summed E-state index contributed by atoms with van der Waals surface area (Å²) in [5.41, 5.74) is 3.66. The minimum atomic E-state index is -0.528. The summed E-state index contributed by atoms with van der Waals surface area (Å²) in [5.74, 6) is 4.77. The fraction of sp³-hybridized carbons (Fsp3) is 0.449. The van der Waals surface area contributed by atoms with Crippen LogP contribution in [0.4, 0.5) is 25.5 Å². The van der Waals surface area contributed by atoms with E-state index in [2.05, 4.69) is 35.9 Å². The molecule has 340 valence electrons. The van der Waals surface area contributed by atoms with Crippen molar-refractivity contribution in [2.75, 3.05) is 49.9 Å². The zero-order valence-electron chi connectivity index (χ0n) is 37.2. The van der Waals surface area contributed by atoms with Gasteiger partial charge in [-0.05, 0) is 158 Å². The van der Waals surface area contributed by atoms with E-state index in [1.54, 1.807) is 47.6 Å². The number of piperidine rings is 2. The zero-order valence-corrected chi connectivity index (χ0v) is 37.2. The molecule has 4 aromatic heterocycles. The first kappa shape index (κ1) is 43.9. The number of hydrogen-bond donors (Lipinski definition) is 3. The van der Waals surface area contributed by atoms with Gasteiger partial charge in [0.05, 0.1) is 0 Å². The Morgan fingerprint density at radius 3 is 1.54 bits per heavy atom. The normalized spacial score (nSPS) is 17.0.